The van der Waals surface area contributed by atoms with E-state index in [1.165, 1.54) is 12.1 Å². The molecule has 2 heterocycles. The Kier molecular flexibility index (Phi) is 4.91. The number of nitrogens with one attached hydrogen (secondary N) is 1. The van der Waals surface area contributed by atoms with Crippen molar-refractivity contribution in [1.29, 1.82) is 0 Å². The number of amides is 2. The number of rotatable bonds is 4. The largest absolute Gasteiger partial charge is 0.354 e. The van der Waals surface area contributed by atoms with Gasteiger partial charge in [-0.15, -0.1) is 0 Å². The third-order valence-corrected chi connectivity index (χ3v) is 6.30. The van der Waals surface area contributed by atoms with E-state index in [4.69, 9.17) is 0 Å². The summed E-state index contributed by atoms with van der Waals surface area (Å²) in [6, 6.07) is 6.08. The van der Waals surface area contributed by atoms with Crippen LogP contribution in [0, 0.1) is 0 Å². The smallest absolute Gasteiger partial charge is 0.254 e. The molecule has 0 aliphatic carbocycles. The van der Waals surface area contributed by atoms with Crippen molar-refractivity contribution in [3.05, 3.63) is 42.0 Å². The Balaban J connectivity index is 1.86. The molecule has 0 radical (unpaired) electrons. The van der Waals surface area contributed by atoms with Gasteiger partial charge in [-0.25, -0.2) is 8.42 Å². The summed E-state index contributed by atoms with van der Waals surface area (Å²) in [6.45, 7) is 2.84. The van der Waals surface area contributed by atoms with Gasteiger partial charge < -0.3 is 10.2 Å². The van der Waals surface area contributed by atoms with Gasteiger partial charge in [0, 0.05) is 25.2 Å². The van der Waals surface area contributed by atoms with E-state index in [0.717, 1.165) is 10.7 Å². The lowest BCUT2D eigenvalue weighted by Crippen LogP contribution is -2.49. The Morgan fingerprint density at radius 2 is 2.16 bits per heavy atom. The van der Waals surface area contributed by atoms with Crippen LogP contribution in [0.3, 0.4) is 0 Å². The number of hydrogen-bond acceptors (Lipinski definition) is 4. The predicted molar refractivity (Wildman–Crippen MR) is 92.5 cm³/mol. The fraction of sp³-hybridized carbons (Fsp3) is 0.412. The van der Waals surface area contributed by atoms with Gasteiger partial charge in [-0.1, -0.05) is 25.1 Å². The van der Waals surface area contributed by atoms with Gasteiger partial charge in [-0.3, -0.25) is 9.59 Å². The molecule has 8 heteroatoms. The average Bonchev–Trinajstić information content (AvgIpc) is 3.10. The maximum absolute atomic E-state index is 12.8. The summed E-state index contributed by atoms with van der Waals surface area (Å²) >= 11 is 0. The van der Waals surface area contributed by atoms with Crippen LogP contribution >= 0.6 is 0 Å². The molecular weight excluding hydrogens is 342 g/mol. The van der Waals surface area contributed by atoms with Gasteiger partial charge in [-0.2, -0.15) is 4.31 Å². The number of benzene rings is 1. The van der Waals surface area contributed by atoms with Crippen LogP contribution in [0.2, 0.25) is 0 Å². The molecule has 1 aromatic rings. The van der Waals surface area contributed by atoms with Crippen molar-refractivity contribution in [1.82, 2.24) is 14.5 Å². The van der Waals surface area contributed by atoms with Crippen LogP contribution in [-0.4, -0.2) is 61.7 Å². The van der Waals surface area contributed by atoms with Crippen LogP contribution in [-0.2, 0) is 14.8 Å². The molecule has 25 heavy (non-hydrogen) atoms. The first-order chi connectivity index (χ1) is 11.9. The van der Waals surface area contributed by atoms with Gasteiger partial charge in [0.15, 0.2) is 0 Å². The van der Waals surface area contributed by atoms with Crippen LogP contribution in [0.5, 0.6) is 0 Å². The van der Waals surface area contributed by atoms with Crippen LogP contribution in [0.1, 0.15) is 23.7 Å². The highest BCUT2D eigenvalue weighted by Crippen LogP contribution is 2.21. The van der Waals surface area contributed by atoms with Crippen molar-refractivity contribution in [3.63, 3.8) is 0 Å². The Labute approximate surface area is 147 Å². The minimum absolute atomic E-state index is 0.0354. The number of hydrogen-bond donors (Lipinski definition) is 1. The second kappa shape index (κ2) is 6.97. The first-order valence-corrected chi connectivity index (χ1v) is 9.72. The molecule has 1 N–H and O–H groups in total. The van der Waals surface area contributed by atoms with Crippen LogP contribution in [0.15, 0.2) is 41.3 Å². The van der Waals surface area contributed by atoms with E-state index >= 15 is 0 Å². The standard InChI is InChI=1S/C17H21N3O4S/c1-2-14-6-4-9-20(14)17(22)13-5-3-7-15(11-13)25(23,24)19-10-8-18-16(21)12-19/h3-7,11,14H,2,8-10,12H2,1H3,(H,18,21)/t14-/m1/s1. The maximum atomic E-state index is 12.8. The van der Waals surface area contributed by atoms with Crippen molar-refractivity contribution in [3.8, 4) is 0 Å². The summed E-state index contributed by atoms with van der Waals surface area (Å²) in [5.74, 6) is -0.513. The minimum atomic E-state index is -3.81. The highest BCUT2D eigenvalue weighted by Gasteiger charge is 2.30. The zero-order valence-corrected chi connectivity index (χ0v) is 14.8. The molecule has 3 rings (SSSR count). The summed E-state index contributed by atoms with van der Waals surface area (Å²) in [7, 11) is -3.81. The molecule has 2 aliphatic rings. The molecule has 134 valence electrons. The van der Waals surface area contributed by atoms with Crippen molar-refractivity contribution in [2.45, 2.75) is 24.3 Å². The number of sulfonamides is 1. The van der Waals surface area contributed by atoms with Crippen LogP contribution < -0.4 is 5.32 Å². The molecule has 1 saturated heterocycles. The molecule has 1 aromatic carbocycles. The second-order valence-corrected chi connectivity index (χ2v) is 8.02. The number of carbonyl (C=O) groups excluding carboxylic acids is 2. The first kappa shape index (κ1) is 17.6. The van der Waals surface area contributed by atoms with Crippen LogP contribution in [0.25, 0.3) is 0 Å². The first-order valence-electron chi connectivity index (χ1n) is 8.28. The number of nitrogens with zero attached hydrogens (tertiary/aromatic N) is 2. The lowest BCUT2D eigenvalue weighted by Gasteiger charge is -2.26. The highest BCUT2D eigenvalue weighted by atomic mass is 32.2. The zero-order valence-electron chi connectivity index (χ0n) is 14.0. The molecule has 0 unspecified atom stereocenters. The summed E-state index contributed by atoms with van der Waals surface area (Å²) < 4.78 is 26.7. The third-order valence-electron chi connectivity index (χ3n) is 4.46. The predicted octanol–water partition coefficient (Wildman–Crippen LogP) is 0.598. The van der Waals surface area contributed by atoms with Crippen LogP contribution in [0.4, 0.5) is 0 Å². The summed E-state index contributed by atoms with van der Waals surface area (Å²) in [6.07, 6.45) is 4.74. The molecule has 7 nitrogen and oxygen atoms in total. The van der Waals surface area contributed by atoms with E-state index in [1.54, 1.807) is 17.0 Å². The van der Waals surface area contributed by atoms with E-state index < -0.39 is 10.0 Å². The highest BCUT2D eigenvalue weighted by molar-refractivity contribution is 7.89. The van der Waals surface area contributed by atoms with Crippen molar-refractivity contribution >= 4 is 21.8 Å². The van der Waals surface area contributed by atoms with Crippen molar-refractivity contribution in [2.75, 3.05) is 26.2 Å². The van der Waals surface area contributed by atoms with Gasteiger partial charge >= 0.3 is 0 Å². The normalized spacial score (nSPS) is 21.4. The Morgan fingerprint density at radius 3 is 2.88 bits per heavy atom. The minimum Gasteiger partial charge on any atom is -0.354 e. The molecule has 0 saturated carbocycles. The molecular formula is C17H21N3O4S. The summed E-state index contributed by atoms with van der Waals surface area (Å²) in [5, 5.41) is 2.60. The van der Waals surface area contributed by atoms with Gasteiger partial charge in [-0.05, 0) is 24.6 Å². The zero-order chi connectivity index (χ0) is 18.0. The van der Waals surface area contributed by atoms with Crippen molar-refractivity contribution < 1.29 is 18.0 Å². The Morgan fingerprint density at radius 1 is 1.36 bits per heavy atom. The lowest BCUT2D eigenvalue weighted by molar-refractivity contribution is -0.122. The Hall–Kier alpha value is -2.19. The van der Waals surface area contributed by atoms with Gasteiger partial charge in [0.2, 0.25) is 15.9 Å². The summed E-state index contributed by atoms with van der Waals surface area (Å²) in [4.78, 5) is 26.0. The molecule has 1 atom stereocenters. The molecule has 2 amide bonds. The third kappa shape index (κ3) is 3.45. The molecule has 1 fully saturated rings. The Bertz CT molecular complexity index is 819. The topological polar surface area (TPSA) is 86.8 Å². The maximum Gasteiger partial charge on any atom is 0.254 e. The van der Waals surface area contributed by atoms with Gasteiger partial charge in [0.05, 0.1) is 17.5 Å². The van der Waals surface area contributed by atoms with E-state index in [2.05, 4.69) is 5.32 Å². The fourth-order valence-electron chi connectivity index (χ4n) is 3.09. The number of carbonyl (C=O) groups is 2. The van der Waals surface area contributed by atoms with Gasteiger partial charge in [0.25, 0.3) is 5.91 Å². The van der Waals surface area contributed by atoms with E-state index in [-0.39, 0.29) is 42.4 Å². The fourth-order valence-corrected chi connectivity index (χ4v) is 4.53. The van der Waals surface area contributed by atoms with Gasteiger partial charge in [0.1, 0.15) is 0 Å². The lowest BCUT2D eigenvalue weighted by atomic mass is 10.1. The monoisotopic (exact) mass is 363 g/mol. The van der Waals surface area contributed by atoms with E-state index in [0.29, 0.717) is 12.1 Å². The van der Waals surface area contributed by atoms with Crippen molar-refractivity contribution in [2.24, 2.45) is 0 Å². The SMILES string of the molecule is CC[C@@H]1C=CCN1C(=O)c1cccc(S(=O)(=O)N2CCNC(=O)C2)c1. The average molecular weight is 363 g/mol. The van der Waals surface area contributed by atoms with E-state index in [9.17, 15) is 18.0 Å². The quantitative estimate of drug-likeness (QED) is 0.794. The molecule has 0 spiro atoms. The second-order valence-electron chi connectivity index (χ2n) is 6.08. The molecule has 2 aliphatic heterocycles. The number of piperazine rings is 1. The molecule has 0 aromatic heterocycles. The molecule has 0 bridgehead atoms. The summed E-state index contributed by atoms with van der Waals surface area (Å²) in [5.41, 5.74) is 0.338. The van der Waals surface area contributed by atoms with E-state index in [1.807, 2.05) is 19.1 Å².